The summed E-state index contributed by atoms with van der Waals surface area (Å²) in [4.78, 5) is 29.0. The highest BCUT2D eigenvalue weighted by Gasteiger charge is 2.26. The van der Waals surface area contributed by atoms with E-state index in [1.807, 2.05) is 32.1 Å². The van der Waals surface area contributed by atoms with Crippen LogP contribution in [0.3, 0.4) is 0 Å². The molecule has 2 aromatic carbocycles. The van der Waals surface area contributed by atoms with Crippen LogP contribution in [0.4, 0.5) is 0 Å². The third kappa shape index (κ3) is 4.82. The van der Waals surface area contributed by atoms with Crippen LogP contribution in [0.2, 0.25) is 0 Å². The molecular formula is C24H28N2O4. The number of ether oxygens (including phenoxy) is 2. The summed E-state index contributed by atoms with van der Waals surface area (Å²) in [5.74, 6) is 0.972. The second-order valence-electron chi connectivity index (χ2n) is 7.38. The van der Waals surface area contributed by atoms with Gasteiger partial charge in [-0.15, -0.1) is 0 Å². The molecule has 0 aromatic heterocycles. The Labute approximate surface area is 177 Å². The predicted molar refractivity (Wildman–Crippen MR) is 117 cm³/mol. The number of hydrogen-bond donors (Lipinski definition) is 0. The maximum absolute atomic E-state index is 12.9. The van der Waals surface area contributed by atoms with E-state index in [2.05, 4.69) is 6.07 Å². The van der Waals surface area contributed by atoms with E-state index in [1.165, 1.54) is 12.7 Å². The summed E-state index contributed by atoms with van der Waals surface area (Å²) in [7, 11) is 3.10. The number of piperazine rings is 1. The molecule has 2 amide bonds. The first-order chi connectivity index (χ1) is 14.4. The Morgan fingerprint density at radius 1 is 0.900 bits per heavy atom. The molecular weight excluding hydrogens is 380 g/mol. The lowest BCUT2D eigenvalue weighted by Gasteiger charge is -2.34. The van der Waals surface area contributed by atoms with E-state index in [-0.39, 0.29) is 11.8 Å². The van der Waals surface area contributed by atoms with Crippen LogP contribution >= 0.6 is 0 Å². The van der Waals surface area contributed by atoms with Crippen LogP contribution in [0.15, 0.2) is 42.5 Å². The fourth-order valence-corrected chi connectivity index (χ4v) is 3.55. The Balaban J connectivity index is 1.61. The lowest BCUT2D eigenvalue weighted by molar-refractivity contribution is -0.127. The van der Waals surface area contributed by atoms with Gasteiger partial charge in [0.2, 0.25) is 5.91 Å². The van der Waals surface area contributed by atoms with E-state index in [0.717, 1.165) is 11.1 Å². The molecule has 0 spiro atoms. The molecule has 0 bridgehead atoms. The zero-order valence-electron chi connectivity index (χ0n) is 18.0. The first-order valence-electron chi connectivity index (χ1n) is 9.98. The van der Waals surface area contributed by atoms with Gasteiger partial charge in [0.15, 0.2) is 0 Å². The first-order valence-corrected chi connectivity index (χ1v) is 9.98. The quantitative estimate of drug-likeness (QED) is 0.712. The molecule has 1 fully saturated rings. The molecule has 6 nitrogen and oxygen atoms in total. The van der Waals surface area contributed by atoms with Crippen molar-refractivity contribution in [3.8, 4) is 11.5 Å². The number of amides is 2. The van der Waals surface area contributed by atoms with Crippen LogP contribution in [0.25, 0.3) is 6.08 Å². The molecule has 1 heterocycles. The lowest BCUT2D eigenvalue weighted by Crippen LogP contribution is -2.50. The van der Waals surface area contributed by atoms with E-state index < -0.39 is 0 Å². The predicted octanol–water partition coefficient (Wildman–Crippen LogP) is 3.32. The Kier molecular flexibility index (Phi) is 6.77. The summed E-state index contributed by atoms with van der Waals surface area (Å²) < 4.78 is 10.5. The number of methoxy groups -OCH3 is 2. The van der Waals surface area contributed by atoms with E-state index in [9.17, 15) is 9.59 Å². The van der Waals surface area contributed by atoms with Gasteiger partial charge in [-0.05, 0) is 43.2 Å². The SMILES string of the molecule is COc1ccc(C(=O)N2CCN(C(=O)C=Cc3ccc(C)cc3C)CC2)c(OC)c1. The lowest BCUT2D eigenvalue weighted by atomic mass is 10.1. The van der Waals surface area contributed by atoms with Crippen LogP contribution in [0, 0.1) is 13.8 Å². The molecule has 2 aromatic rings. The smallest absolute Gasteiger partial charge is 0.257 e. The number of hydrogen-bond acceptors (Lipinski definition) is 4. The highest BCUT2D eigenvalue weighted by atomic mass is 16.5. The average molecular weight is 408 g/mol. The van der Waals surface area contributed by atoms with E-state index in [0.29, 0.717) is 43.2 Å². The third-order valence-electron chi connectivity index (χ3n) is 5.35. The molecule has 0 unspecified atom stereocenters. The van der Waals surface area contributed by atoms with E-state index in [1.54, 1.807) is 41.2 Å². The maximum Gasteiger partial charge on any atom is 0.257 e. The number of aryl methyl sites for hydroxylation is 2. The number of nitrogens with zero attached hydrogens (tertiary/aromatic N) is 2. The van der Waals surface area contributed by atoms with E-state index in [4.69, 9.17) is 9.47 Å². The minimum Gasteiger partial charge on any atom is -0.497 e. The Bertz CT molecular complexity index is 960. The Hall–Kier alpha value is -3.28. The number of benzene rings is 2. The van der Waals surface area contributed by atoms with Gasteiger partial charge < -0.3 is 19.3 Å². The van der Waals surface area contributed by atoms with Crippen molar-refractivity contribution in [3.05, 3.63) is 64.7 Å². The number of carbonyl (C=O) groups excluding carboxylic acids is 2. The van der Waals surface area contributed by atoms with Gasteiger partial charge in [0.05, 0.1) is 19.8 Å². The summed E-state index contributed by atoms with van der Waals surface area (Å²) in [5, 5.41) is 0. The van der Waals surface area contributed by atoms with Crippen LogP contribution in [-0.2, 0) is 4.79 Å². The van der Waals surface area contributed by atoms with Crippen LogP contribution in [-0.4, -0.2) is 62.0 Å². The molecule has 1 saturated heterocycles. The van der Waals surface area contributed by atoms with Gasteiger partial charge in [-0.25, -0.2) is 0 Å². The van der Waals surface area contributed by atoms with Gasteiger partial charge in [0.1, 0.15) is 11.5 Å². The van der Waals surface area contributed by atoms with Crippen molar-refractivity contribution in [1.29, 1.82) is 0 Å². The molecule has 6 heteroatoms. The molecule has 0 aliphatic carbocycles. The number of carbonyl (C=O) groups is 2. The van der Waals surface area contributed by atoms with Crippen LogP contribution < -0.4 is 9.47 Å². The monoisotopic (exact) mass is 408 g/mol. The van der Waals surface area contributed by atoms with Crippen LogP contribution in [0.1, 0.15) is 27.0 Å². The summed E-state index contributed by atoms with van der Waals surface area (Å²) in [6.45, 7) is 6.05. The standard InChI is InChI=1S/C24H28N2O4/c1-17-5-6-19(18(2)15-17)7-10-23(27)25-11-13-26(14-12-25)24(28)21-9-8-20(29-3)16-22(21)30-4/h5-10,15-16H,11-14H2,1-4H3. The zero-order chi connectivity index (χ0) is 21.7. The number of rotatable bonds is 5. The minimum absolute atomic E-state index is 0.0379. The van der Waals surface area contributed by atoms with Crippen molar-refractivity contribution in [2.75, 3.05) is 40.4 Å². The molecule has 0 atom stereocenters. The maximum atomic E-state index is 12.9. The van der Waals surface area contributed by atoms with Crippen molar-refractivity contribution < 1.29 is 19.1 Å². The largest absolute Gasteiger partial charge is 0.497 e. The van der Waals surface area contributed by atoms with Gasteiger partial charge >= 0.3 is 0 Å². The highest BCUT2D eigenvalue weighted by molar-refractivity contribution is 5.97. The summed E-state index contributed by atoms with van der Waals surface area (Å²) in [5.41, 5.74) is 3.87. The summed E-state index contributed by atoms with van der Waals surface area (Å²) in [6.07, 6.45) is 3.47. The molecule has 30 heavy (non-hydrogen) atoms. The fourth-order valence-electron chi connectivity index (χ4n) is 3.55. The average Bonchev–Trinajstić information content (AvgIpc) is 2.77. The first kappa shape index (κ1) is 21.4. The second kappa shape index (κ2) is 9.48. The second-order valence-corrected chi connectivity index (χ2v) is 7.38. The van der Waals surface area contributed by atoms with Gasteiger partial charge in [-0.2, -0.15) is 0 Å². The van der Waals surface area contributed by atoms with Crippen molar-refractivity contribution >= 4 is 17.9 Å². The molecule has 0 saturated carbocycles. The minimum atomic E-state index is -0.104. The van der Waals surface area contributed by atoms with Crippen LogP contribution in [0.5, 0.6) is 11.5 Å². The van der Waals surface area contributed by atoms with Crippen molar-refractivity contribution in [1.82, 2.24) is 9.80 Å². The highest BCUT2D eigenvalue weighted by Crippen LogP contribution is 2.26. The zero-order valence-corrected chi connectivity index (χ0v) is 18.0. The van der Waals surface area contributed by atoms with Crippen molar-refractivity contribution in [2.45, 2.75) is 13.8 Å². The molecule has 158 valence electrons. The normalized spacial score (nSPS) is 14.1. The molecule has 0 radical (unpaired) electrons. The fraction of sp³-hybridized carbons (Fsp3) is 0.333. The Morgan fingerprint density at radius 3 is 2.23 bits per heavy atom. The van der Waals surface area contributed by atoms with Gasteiger partial charge in [-0.1, -0.05) is 23.8 Å². The van der Waals surface area contributed by atoms with Gasteiger partial charge in [-0.3, -0.25) is 9.59 Å². The van der Waals surface area contributed by atoms with Gasteiger partial charge in [0.25, 0.3) is 5.91 Å². The molecule has 0 N–H and O–H groups in total. The van der Waals surface area contributed by atoms with Crippen molar-refractivity contribution in [3.63, 3.8) is 0 Å². The van der Waals surface area contributed by atoms with Gasteiger partial charge in [0, 0.05) is 38.3 Å². The Morgan fingerprint density at radius 2 is 1.60 bits per heavy atom. The summed E-state index contributed by atoms with van der Waals surface area (Å²) in [6, 6.07) is 11.3. The van der Waals surface area contributed by atoms with E-state index >= 15 is 0 Å². The topological polar surface area (TPSA) is 59.1 Å². The molecule has 1 aliphatic heterocycles. The summed E-state index contributed by atoms with van der Waals surface area (Å²) >= 11 is 0. The molecule has 1 aliphatic rings. The van der Waals surface area contributed by atoms with Crippen molar-refractivity contribution in [2.24, 2.45) is 0 Å². The molecule has 3 rings (SSSR count). The third-order valence-corrected chi connectivity index (χ3v) is 5.35.